The maximum atomic E-state index is 6.22. The van der Waals surface area contributed by atoms with Crippen LogP contribution in [0.4, 0.5) is 0 Å². The van der Waals surface area contributed by atoms with Gasteiger partial charge < -0.3 is 14.9 Å². The molecule has 3 rings (SSSR count). The molecule has 0 bridgehead atoms. The van der Waals surface area contributed by atoms with Crippen molar-refractivity contribution in [2.45, 2.75) is 20.1 Å². The van der Waals surface area contributed by atoms with E-state index in [0.717, 1.165) is 17.0 Å². The summed E-state index contributed by atoms with van der Waals surface area (Å²) in [5.41, 5.74) is 5.07. The Balaban J connectivity index is 1.82. The molecule has 0 unspecified atom stereocenters. The first-order chi connectivity index (χ1) is 12.6. The first-order valence-corrected chi connectivity index (χ1v) is 8.78. The zero-order valence-electron chi connectivity index (χ0n) is 14.5. The smallest absolute Gasteiger partial charge is 0.214 e. The van der Waals surface area contributed by atoms with Crippen molar-refractivity contribution >= 4 is 23.8 Å². The van der Waals surface area contributed by atoms with Crippen molar-refractivity contribution in [2.75, 3.05) is 12.5 Å². The van der Waals surface area contributed by atoms with Gasteiger partial charge in [-0.05, 0) is 31.3 Å². The molecule has 2 aromatic carbocycles. The van der Waals surface area contributed by atoms with Crippen molar-refractivity contribution in [2.24, 2.45) is 0 Å². The maximum absolute atomic E-state index is 6.22. The number of benzene rings is 2. The van der Waals surface area contributed by atoms with Gasteiger partial charge >= 0.3 is 0 Å². The number of methoxy groups -OCH3 is 1. The number of rotatable bonds is 7. The molecule has 2 N–H and O–H groups in total. The summed E-state index contributed by atoms with van der Waals surface area (Å²) >= 11 is 11.4. The number of nitrogens with zero attached hydrogens (tertiary/aromatic N) is 2. The van der Waals surface area contributed by atoms with Gasteiger partial charge in [0.2, 0.25) is 4.77 Å². The number of aromatic amines is 1. The Morgan fingerprint density at radius 2 is 1.96 bits per heavy atom. The summed E-state index contributed by atoms with van der Waals surface area (Å²) in [6.07, 6.45) is 0. The van der Waals surface area contributed by atoms with Gasteiger partial charge in [0, 0.05) is 16.1 Å². The van der Waals surface area contributed by atoms with Crippen molar-refractivity contribution < 1.29 is 9.47 Å². The van der Waals surface area contributed by atoms with Gasteiger partial charge in [-0.3, -0.25) is 5.10 Å². The van der Waals surface area contributed by atoms with Crippen LogP contribution < -0.4 is 14.9 Å². The van der Waals surface area contributed by atoms with E-state index in [1.165, 1.54) is 0 Å². The van der Waals surface area contributed by atoms with E-state index >= 15 is 0 Å². The molecule has 136 valence electrons. The minimum atomic E-state index is 0.344. The van der Waals surface area contributed by atoms with E-state index in [1.54, 1.807) is 11.8 Å². The SMILES string of the molecule is COc1cccc(CNn2c(C)n[nH]c2=S)c1OCc1ccccc1Cl. The van der Waals surface area contributed by atoms with Crippen molar-refractivity contribution in [1.29, 1.82) is 0 Å². The van der Waals surface area contributed by atoms with Crippen LogP contribution in [0.2, 0.25) is 5.02 Å². The zero-order chi connectivity index (χ0) is 18.5. The van der Waals surface area contributed by atoms with Crippen LogP contribution in [-0.2, 0) is 13.2 Å². The second-order valence-corrected chi connectivity index (χ2v) is 6.37. The molecule has 0 saturated heterocycles. The van der Waals surface area contributed by atoms with Crippen LogP contribution in [-0.4, -0.2) is 22.0 Å². The summed E-state index contributed by atoms with van der Waals surface area (Å²) in [5, 5.41) is 7.50. The fraction of sp³-hybridized carbons (Fsp3) is 0.222. The molecule has 8 heteroatoms. The Morgan fingerprint density at radius 1 is 1.19 bits per heavy atom. The molecule has 1 heterocycles. The van der Waals surface area contributed by atoms with E-state index in [-0.39, 0.29) is 0 Å². The number of hydrogen-bond acceptors (Lipinski definition) is 5. The van der Waals surface area contributed by atoms with Gasteiger partial charge in [-0.25, -0.2) is 4.68 Å². The number of hydrogen-bond donors (Lipinski definition) is 2. The van der Waals surface area contributed by atoms with E-state index in [1.807, 2.05) is 49.4 Å². The van der Waals surface area contributed by atoms with E-state index < -0.39 is 0 Å². The second kappa shape index (κ2) is 8.25. The van der Waals surface area contributed by atoms with Gasteiger partial charge in [-0.2, -0.15) is 5.10 Å². The normalized spacial score (nSPS) is 10.6. The standard InChI is InChI=1S/C18H19ClN4O2S/c1-12-21-22-18(26)23(12)20-10-13-7-5-9-16(24-2)17(13)25-11-14-6-3-4-8-15(14)19/h3-9,20H,10-11H2,1-2H3,(H,22,26). The molecule has 0 saturated carbocycles. The zero-order valence-corrected chi connectivity index (χ0v) is 16.0. The molecule has 0 spiro atoms. The Labute approximate surface area is 161 Å². The molecular weight excluding hydrogens is 372 g/mol. The van der Waals surface area contributed by atoms with Crippen LogP contribution in [0.25, 0.3) is 0 Å². The van der Waals surface area contributed by atoms with Crippen molar-refractivity contribution in [3.8, 4) is 11.5 Å². The Hall–Kier alpha value is -2.51. The van der Waals surface area contributed by atoms with Crippen LogP contribution in [0.15, 0.2) is 42.5 Å². The molecule has 0 radical (unpaired) electrons. The van der Waals surface area contributed by atoms with E-state index in [2.05, 4.69) is 15.6 Å². The number of H-pyrrole nitrogens is 1. The van der Waals surface area contributed by atoms with Gasteiger partial charge in [-0.1, -0.05) is 41.9 Å². The fourth-order valence-corrected chi connectivity index (χ4v) is 2.95. The molecule has 0 aliphatic heterocycles. The van der Waals surface area contributed by atoms with Gasteiger partial charge in [-0.15, -0.1) is 0 Å². The first-order valence-electron chi connectivity index (χ1n) is 8.00. The molecule has 1 aromatic heterocycles. The second-order valence-electron chi connectivity index (χ2n) is 5.57. The molecule has 0 fully saturated rings. The van der Waals surface area contributed by atoms with Gasteiger partial charge in [0.25, 0.3) is 0 Å². The van der Waals surface area contributed by atoms with Crippen LogP contribution in [0, 0.1) is 11.7 Å². The molecule has 0 aliphatic rings. The summed E-state index contributed by atoms with van der Waals surface area (Å²) < 4.78 is 13.7. The number of aromatic nitrogens is 3. The Kier molecular flexibility index (Phi) is 5.80. The molecule has 26 heavy (non-hydrogen) atoms. The minimum Gasteiger partial charge on any atom is -0.493 e. The van der Waals surface area contributed by atoms with E-state index in [4.69, 9.17) is 33.3 Å². The van der Waals surface area contributed by atoms with Crippen LogP contribution >= 0.6 is 23.8 Å². The van der Waals surface area contributed by atoms with Crippen LogP contribution in [0.3, 0.4) is 0 Å². The van der Waals surface area contributed by atoms with Crippen LogP contribution in [0.5, 0.6) is 11.5 Å². The van der Waals surface area contributed by atoms with Gasteiger partial charge in [0.05, 0.1) is 13.7 Å². The monoisotopic (exact) mass is 390 g/mol. The largest absolute Gasteiger partial charge is 0.493 e. The Bertz CT molecular complexity index is 954. The highest BCUT2D eigenvalue weighted by Gasteiger charge is 2.12. The predicted octanol–water partition coefficient (Wildman–Crippen LogP) is 4.23. The summed E-state index contributed by atoms with van der Waals surface area (Å²) in [6.45, 7) is 2.70. The molecule has 6 nitrogen and oxygen atoms in total. The van der Waals surface area contributed by atoms with E-state index in [9.17, 15) is 0 Å². The lowest BCUT2D eigenvalue weighted by Gasteiger charge is -2.17. The highest BCUT2D eigenvalue weighted by molar-refractivity contribution is 7.71. The van der Waals surface area contributed by atoms with Crippen molar-refractivity contribution in [1.82, 2.24) is 14.9 Å². The lowest BCUT2D eigenvalue weighted by Crippen LogP contribution is -2.16. The van der Waals surface area contributed by atoms with Crippen molar-refractivity contribution in [3.05, 3.63) is 69.2 Å². The third-order valence-corrected chi connectivity index (χ3v) is 4.52. The first kappa shape index (κ1) is 18.3. The molecule has 0 aliphatic carbocycles. The Morgan fingerprint density at radius 3 is 2.65 bits per heavy atom. The predicted molar refractivity (Wildman–Crippen MR) is 104 cm³/mol. The molecular formula is C18H19ClN4O2S. The molecule has 0 atom stereocenters. The maximum Gasteiger partial charge on any atom is 0.214 e. The van der Waals surface area contributed by atoms with Gasteiger partial charge in [0.1, 0.15) is 12.4 Å². The molecule has 3 aromatic rings. The fourth-order valence-electron chi connectivity index (χ4n) is 2.52. The lowest BCUT2D eigenvalue weighted by atomic mass is 10.2. The van der Waals surface area contributed by atoms with Crippen molar-refractivity contribution in [3.63, 3.8) is 0 Å². The lowest BCUT2D eigenvalue weighted by molar-refractivity contribution is 0.281. The summed E-state index contributed by atoms with van der Waals surface area (Å²) in [6, 6.07) is 13.3. The average molecular weight is 391 g/mol. The number of halogens is 1. The number of ether oxygens (including phenoxy) is 2. The van der Waals surface area contributed by atoms with Gasteiger partial charge in [0.15, 0.2) is 11.5 Å². The summed E-state index contributed by atoms with van der Waals surface area (Å²) in [7, 11) is 1.62. The summed E-state index contributed by atoms with van der Waals surface area (Å²) in [4.78, 5) is 0. The number of aryl methyl sites for hydroxylation is 1. The quantitative estimate of drug-likeness (QED) is 0.591. The number of para-hydroxylation sites is 1. The topological polar surface area (TPSA) is 64.1 Å². The van der Waals surface area contributed by atoms with E-state index in [0.29, 0.717) is 34.4 Å². The minimum absolute atomic E-state index is 0.344. The third-order valence-electron chi connectivity index (χ3n) is 3.88. The van der Waals surface area contributed by atoms with Crippen LogP contribution in [0.1, 0.15) is 17.0 Å². The third kappa shape index (κ3) is 4.00. The highest BCUT2D eigenvalue weighted by Crippen LogP contribution is 2.32. The highest BCUT2D eigenvalue weighted by atomic mass is 35.5. The summed E-state index contributed by atoms with van der Waals surface area (Å²) in [5.74, 6) is 2.07. The average Bonchev–Trinajstić information content (AvgIpc) is 2.97. The molecule has 0 amide bonds. The number of nitrogens with one attached hydrogen (secondary N) is 2.